The van der Waals surface area contributed by atoms with Gasteiger partial charge in [0.05, 0.1) is 6.10 Å². The molecule has 0 aromatic heterocycles. The van der Waals surface area contributed by atoms with E-state index >= 15 is 0 Å². The van der Waals surface area contributed by atoms with Gasteiger partial charge in [0.25, 0.3) is 0 Å². The molecule has 0 amide bonds. The van der Waals surface area contributed by atoms with Gasteiger partial charge >= 0.3 is 0 Å². The molecule has 110 valence electrons. The molecular formula is C18H27NO. The molecule has 1 fully saturated rings. The van der Waals surface area contributed by atoms with Gasteiger partial charge in [0.15, 0.2) is 0 Å². The van der Waals surface area contributed by atoms with Crippen molar-refractivity contribution in [1.82, 2.24) is 0 Å². The quantitative estimate of drug-likeness (QED) is 0.869. The summed E-state index contributed by atoms with van der Waals surface area (Å²) >= 11 is 0. The van der Waals surface area contributed by atoms with Crippen LogP contribution in [-0.2, 0) is 0 Å². The lowest BCUT2D eigenvalue weighted by Gasteiger charge is -2.41. The third kappa shape index (κ3) is 2.58. The number of fused-ring (bicyclic) bond motifs is 1. The fourth-order valence-corrected chi connectivity index (χ4v) is 4.18. The van der Waals surface area contributed by atoms with Gasteiger partial charge in [-0.3, -0.25) is 0 Å². The summed E-state index contributed by atoms with van der Waals surface area (Å²) in [6.45, 7) is 3.44. The van der Waals surface area contributed by atoms with Crippen molar-refractivity contribution < 1.29 is 5.11 Å². The normalized spacial score (nSPS) is 30.7. The molecule has 2 nitrogen and oxygen atoms in total. The van der Waals surface area contributed by atoms with E-state index < -0.39 is 0 Å². The topological polar surface area (TPSA) is 23.5 Å². The third-order valence-electron chi connectivity index (χ3n) is 5.28. The summed E-state index contributed by atoms with van der Waals surface area (Å²) in [6.07, 6.45) is 8.46. The first kappa shape index (κ1) is 13.9. The maximum Gasteiger partial charge on any atom is 0.0810 e. The van der Waals surface area contributed by atoms with Crippen LogP contribution in [-0.4, -0.2) is 17.7 Å². The van der Waals surface area contributed by atoms with Crippen molar-refractivity contribution >= 4 is 5.69 Å². The largest absolute Gasteiger partial charge is 0.388 e. The first-order chi connectivity index (χ1) is 9.81. The van der Waals surface area contributed by atoms with E-state index in [4.69, 9.17) is 0 Å². The zero-order chi connectivity index (χ0) is 13.9. The van der Waals surface area contributed by atoms with E-state index in [0.717, 1.165) is 30.9 Å². The van der Waals surface area contributed by atoms with Gasteiger partial charge in [0.2, 0.25) is 0 Å². The predicted molar refractivity (Wildman–Crippen MR) is 84.0 cm³/mol. The zero-order valence-electron chi connectivity index (χ0n) is 12.6. The molecule has 2 aliphatic rings. The van der Waals surface area contributed by atoms with E-state index in [1.807, 2.05) is 0 Å². The maximum atomic E-state index is 10.4. The molecule has 1 N–H and O–H groups in total. The molecular weight excluding hydrogens is 246 g/mol. The zero-order valence-corrected chi connectivity index (χ0v) is 12.6. The van der Waals surface area contributed by atoms with Crippen molar-refractivity contribution in [3.05, 3.63) is 29.8 Å². The molecule has 20 heavy (non-hydrogen) atoms. The highest BCUT2D eigenvalue weighted by Crippen LogP contribution is 2.39. The maximum absolute atomic E-state index is 10.4. The van der Waals surface area contributed by atoms with Crippen molar-refractivity contribution in [2.75, 3.05) is 11.4 Å². The Morgan fingerprint density at radius 1 is 1.10 bits per heavy atom. The molecule has 2 heteroatoms. The Morgan fingerprint density at radius 3 is 2.75 bits per heavy atom. The summed E-state index contributed by atoms with van der Waals surface area (Å²) in [5, 5.41) is 10.4. The van der Waals surface area contributed by atoms with E-state index in [2.05, 4.69) is 36.1 Å². The predicted octanol–water partition coefficient (Wildman–Crippen LogP) is 4.29. The van der Waals surface area contributed by atoms with Crippen molar-refractivity contribution in [3.8, 4) is 0 Å². The SMILES string of the molecule is CCC1CCCCC1N1CCCC(O)c2ccccc21. The molecule has 1 aromatic rings. The van der Waals surface area contributed by atoms with Crippen molar-refractivity contribution in [2.45, 2.75) is 64.0 Å². The third-order valence-corrected chi connectivity index (χ3v) is 5.28. The fourth-order valence-electron chi connectivity index (χ4n) is 4.18. The van der Waals surface area contributed by atoms with Crippen LogP contribution in [0.15, 0.2) is 24.3 Å². The number of nitrogens with zero attached hydrogens (tertiary/aromatic N) is 1. The first-order valence-electron chi connectivity index (χ1n) is 8.35. The number of anilines is 1. The molecule has 3 atom stereocenters. The van der Waals surface area contributed by atoms with Gasteiger partial charge in [-0.05, 0) is 37.7 Å². The minimum absolute atomic E-state index is 0.278. The summed E-state index contributed by atoms with van der Waals surface area (Å²) in [7, 11) is 0. The summed E-state index contributed by atoms with van der Waals surface area (Å²) in [6, 6.07) is 9.19. The van der Waals surface area contributed by atoms with Crippen LogP contribution in [0, 0.1) is 5.92 Å². The number of hydrogen-bond acceptors (Lipinski definition) is 2. The van der Waals surface area contributed by atoms with Gasteiger partial charge in [-0.1, -0.05) is 44.4 Å². The molecule has 0 bridgehead atoms. The Bertz CT molecular complexity index is 445. The molecule has 1 aliphatic carbocycles. The van der Waals surface area contributed by atoms with Crippen LogP contribution in [0.1, 0.15) is 63.5 Å². The Kier molecular flexibility index (Phi) is 4.30. The van der Waals surface area contributed by atoms with Crippen LogP contribution in [0.25, 0.3) is 0 Å². The molecule has 1 saturated carbocycles. The van der Waals surface area contributed by atoms with Crippen molar-refractivity contribution in [3.63, 3.8) is 0 Å². The van der Waals surface area contributed by atoms with E-state index in [9.17, 15) is 5.11 Å². The molecule has 1 aromatic carbocycles. The lowest BCUT2D eigenvalue weighted by molar-refractivity contribution is 0.168. The fraction of sp³-hybridized carbons (Fsp3) is 0.667. The first-order valence-corrected chi connectivity index (χ1v) is 8.35. The molecule has 1 aliphatic heterocycles. The van der Waals surface area contributed by atoms with Crippen LogP contribution in [0.5, 0.6) is 0 Å². The summed E-state index contributed by atoms with van der Waals surface area (Å²) in [4.78, 5) is 2.62. The molecule has 3 rings (SSSR count). The number of rotatable bonds is 2. The van der Waals surface area contributed by atoms with Gasteiger partial charge in [-0.2, -0.15) is 0 Å². The summed E-state index contributed by atoms with van der Waals surface area (Å²) < 4.78 is 0. The molecule has 0 saturated heterocycles. The average Bonchev–Trinajstić information content (AvgIpc) is 2.67. The van der Waals surface area contributed by atoms with Gasteiger partial charge < -0.3 is 10.0 Å². The number of aliphatic hydroxyl groups excluding tert-OH is 1. The van der Waals surface area contributed by atoms with Crippen LogP contribution in [0.3, 0.4) is 0 Å². The van der Waals surface area contributed by atoms with Crippen molar-refractivity contribution in [2.24, 2.45) is 5.92 Å². The standard InChI is InChI=1S/C18H27NO/c1-2-14-8-3-5-10-16(14)19-13-7-12-18(20)15-9-4-6-11-17(15)19/h4,6,9,11,14,16,18,20H,2-3,5,7-8,10,12-13H2,1H3. The van der Waals surface area contributed by atoms with Gasteiger partial charge in [0.1, 0.15) is 0 Å². The highest BCUT2D eigenvalue weighted by molar-refractivity contribution is 5.56. The second-order valence-electron chi connectivity index (χ2n) is 6.43. The second-order valence-corrected chi connectivity index (χ2v) is 6.43. The number of para-hydroxylation sites is 1. The molecule has 1 heterocycles. The van der Waals surface area contributed by atoms with Crippen LogP contribution in [0.4, 0.5) is 5.69 Å². The van der Waals surface area contributed by atoms with Gasteiger partial charge in [-0.25, -0.2) is 0 Å². The lowest BCUT2D eigenvalue weighted by atomic mass is 9.81. The smallest absolute Gasteiger partial charge is 0.0810 e. The minimum atomic E-state index is -0.278. The summed E-state index contributed by atoms with van der Waals surface area (Å²) in [5.74, 6) is 0.826. The Hall–Kier alpha value is -1.02. The Balaban J connectivity index is 1.93. The van der Waals surface area contributed by atoms with E-state index in [1.54, 1.807) is 0 Å². The molecule has 0 radical (unpaired) electrons. The van der Waals surface area contributed by atoms with E-state index in [1.165, 1.54) is 37.8 Å². The lowest BCUT2D eigenvalue weighted by Crippen LogP contribution is -2.43. The summed E-state index contributed by atoms with van der Waals surface area (Å²) in [5.41, 5.74) is 2.44. The van der Waals surface area contributed by atoms with E-state index in [-0.39, 0.29) is 6.10 Å². The Labute approximate surface area is 122 Å². The van der Waals surface area contributed by atoms with Crippen molar-refractivity contribution in [1.29, 1.82) is 0 Å². The molecule has 0 spiro atoms. The van der Waals surface area contributed by atoms with Crippen LogP contribution >= 0.6 is 0 Å². The average molecular weight is 273 g/mol. The number of hydrogen-bond donors (Lipinski definition) is 1. The molecule has 3 unspecified atom stereocenters. The number of benzene rings is 1. The van der Waals surface area contributed by atoms with Crippen LogP contribution < -0.4 is 4.90 Å². The number of aliphatic hydroxyl groups is 1. The second kappa shape index (κ2) is 6.17. The Morgan fingerprint density at radius 2 is 1.90 bits per heavy atom. The van der Waals surface area contributed by atoms with Gasteiger partial charge in [0, 0.05) is 23.8 Å². The minimum Gasteiger partial charge on any atom is -0.388 e. The highest BCUT2D eigenvalue weighted by atomic mass is 16.3. The van der Waals surface area contributed by atoms with Crippen LogP contribution in [0.2, 0.25) is 0 Å². The highest BCUT2D eigenvalue weighted by Gasteiger charge is 2.32. The van der Waals surface area contributed by atoms with Gasteiger partial charge in [-0.15, -0.1) is 0 Å². The van der Waals surface area contributed by atoms with E-state index in [0.29, 0.717) is 6.04 Å². The monoisotopic (exact) mass is 273 g/mol.